The maximum atomic E-state index is 13.2. The third kappa shape index (κ3) is 4.85. The highest BCUT2D eigenvalue weighted by atomic mass is 32.2. The second kappa shape index (κ2) is 10.4. The van der Waals surface area contributed by atoms with Gasteiger partial charge in [-0.2, -0.15) is 0 Å². The van der Waals surface area contributed by atoms with Crippen molar-refractivity contribution in [3.05, 3.63) is 41.1 Å². The number of ether oxygens (including phenoxy) is 1. The molecule has 37 heavy (non-hydrogen) atoms. The molecule has 1 unspecified atom stereocenters. The highest BCUT2D eigenvalue weighted by molar-refractivity contribution is 8.01. The van der Waals surface area contributed by atoms with Crippen molar-refractivity contribution in [2.45, 2.75) is 28.8 Å². The van der Waals surface area contributed by atoms with E-state index in [2.05, 4.69) is 20.8 Å². The van der Waals surface area contributed by atoms with Crippen molar-refractivity contribution >= 4 is 47.3 Å². The van der Waals surface area contributed by atoms with Gasteiger partial charge in [0.2, 0.25) is 11.1 Å². The van der Waals surface area contributed by atoms with E-state index in [0.717, 1.165) is 21.3 Å². The molecule has 196 valence electrons. The normalized spacial score (nSPS) is 21.7. The quantitative estimate of drug-likeness (QED) is 0.135. The smallest absolute Gasteiger partial charge is 0.352 e. The van der Waals surface area contributed by atoms with E-state index in [-0.39, 0.29) is 28.1 Å². The third-order valence-electron chi connectivity index (χ3n) is 5.64. The molecule has 6 N–H and O–H groups in total. The average Bonchev–Trinajstić information content (AvgIpc) is 3.30. The van der Waals surface area contributed by atoms with Crippen LogP contribution >= 0.6 is 23.5 Å². The first-order chi connectivity index (χ1) is 17.6. The summed E-state index contributed by atoms with van der Waals surface area (Å²) in [6.07, 6.45) is 0. The number of methoxy groups -OCH3 is 1. The Morgan fingerprint density at radius 3 is 2.65 bits per heavy atom. The lowest BCUT2D eigenvalue weighted by Gasteiger charge is -2.56. The first kappa shape index (κ1) is 26.4. The molecule has 1 aromatic carbocycles. The lowest BCUT2D eigenvalue weighted by molar-refractivity contribution is -0.192. The van der Waals surface area contributed by atoms with Crippen LogP contribution in [0.2, 0.25) is 0 Å². The Bertz CT molecular complexity index is 1280. The number of thioether (sulfide) groups is 2. The van der Waals surface area contributed by atoms with Crippen molar-refractivity contribution in [2.24, 2.45) is 5.73 Å². The number of fused-ring (bicyclic) bond motifs is 1. The Labute approximate surface area is 217 Å². The number of rotatable bonds is 10. The Morgan fingerprint density at radius 2 is 2.03 bits per heavy atom. The number of hydrogen-bond donors (Lipinski definition) is 5. The number of aromatic hydroxyl groups is 1. The van der Waals surface area contributed by atoms with Crippen molar-refractivity contribution < 1.29 is 39.2 Å². The van der Waals surface area contributed by atoms with Crippen LogP contribution in [-0.2, 0) is 30.5 Å². The molecule has 2 aliphatic rings. The minimum Gasteiger partial charge on any atom is -0.508 e. The maximum Gasteiger partial charge on any atom is 0.352 e. The van der Waals surface area contributed by atoms with Gasteiger partial charge in [-0.05, 0) is 33.7 Å². The number of phenolic OH excluding ortho intramolecular Hbond substituents is 1. The molecule has 1 aromatic heterocycles. The van der Waals surface area contributed by atoms with E-state index in [0.29, 0.717) is 11.1 Å². The van der Waals surface area contributed by atoms with Crippen LogP contribution in [0.15, 0.2) is 40.7 Å². The van der Waals surface area contributed by atoms with Gasteiger partial charge in [0.1, 0.15) is 29.4 Å². The zero-order valence-electron chi connectivity index (χ0n) is 19.1. The summed E-state index contributed by atoms with van der Waals surface area (Å²) in [5.74, 6) is -3.77. The van der Waals surface area contributed by atoms with Gasteiger partial charge in [0, 0.05) is 18.6 Å². The average molecular weight is 552 g/mol. The molecule has 17 heteroatoms. The summed E-state index contributed by atoms with van der Waals surface area (Å²) in [5.41, 5.74) is 4.70. The van der Waals surface area contributed by atoms with Gasteiger partial charge in [-0.15, -0.1) is 16.9 Å². The number of nitrogens with one attached hydrogen (secondary N) is 1. The molecule has 0 radical (unpaired) electrons. The number of benzene rings is 1. The number of carbonyl (C=O) groups excluding carboxylic acids is 2. The standard InChI is InChI=1S/C20H21N7O8S2/c1-35-20(22-15(31)13(21)9-2-4-11(28)5-3-9)17(34)27-14(16(32)33)10(7-36-18(20)27)8-37-19-23-24-25-26(19)6-12(29)30/h2-5,13,18,28H,6-8,21H2,1H3,(H,22,31)(H,29,30)(H,32,33)/t13?,18-,20+/m1/s1. The molecule has 2 aliphatic heterocycles. The third-order valence-corrected chi connectivity index (χ3v) is 8.05. The second-order valence-electron chi connectivity index (χ2n) is 7.90. The molecule has 0 spiro atoms. The summed E-state index contributed by atoms with van der Waals surface area (Å²) in [6.45, 7) is -0.468. The Morgan fingerprint density at radius 1 is 1.32 bits per heavy atom. The first-order valence-corrected chi connectivity index (χ1v) is 12.6. The number of carbonyl (C=O) groups is 4. The molecule has 1 saturated heterocycles. The number of amides is 2. The summed E-state index contributed by atoms with van der Waals surface area (Å²) in [7, 11) is 1.22. The van der Waals surface area contributed by atoms with Crippen LogP contribution < -0.4 is 11.1 Å². The molecule has 3 atom stereocenters. The van der Waals surface area contributed by atoms with Crippen molar-refractivity contribution in [3.8, 4) is 5.75 Å². The molecular weight excluding hydrogens is 530 g/mol. The van der Waals surface area contributed by atoms with Crippen molar-refractivity contribution in [3.63, 3.8) is 0 Å². The number of carboxylic acid groups (broad SMARTS) is 2. The minimum absolute atomic E-state index is 0.00604. The predicted octanol–water partition coefficient (Wildman–Crippen LogP) is -1.03. The molecule has 4 rings (SSSR count). The van der Waals surface area contributed by atoms with E-state index >= 15 is 0 Å². The zero-order valence-corrected chi connectivity index (χ0v) is 20.7. The highest BCUT2D eigenvalue weighted by Gasteiger charge is 2.66. The van der Waals surface area contributed by atoms with Crippen LogP contribution in [0.4, 0.5) is 0 Å². The van der Waals surface area contributed by atoms with E-state index < -0.39 is 47.4 Å². The molecule has 15 nitrogen and oxygen atoms in total. The summed E-state index contributed by atoms with van der Waals surface area (Å²) >= 11 is 2.21. The topological polar surface area (TPSA) is 223 Å². The fourth-order valence-electron chi connectivity index (χ4n) is 3.83. The zero-order chi connectivity index (χ0) is 26.9. The van der Waals surface area contributed by atoms with Crippen LogP contribution in [0.1, 0.15) is 11.6 Å². The van der Waals surface area contributed by atoms with Crippen molar-refractivity contribution in [2.75, 3.05) is 18.6 Å². The lowest BCUT2D eigenvalue weighted by atomic mass is 9.97. The van der Waals surface area contributed by atoms with E-state index in [9.17, 15) is 29.4 Å². The SMILES string of the molecule is CO[C@@]1(NC(=O)C(N)c2ccc(O)cc2)C(=O)N2C(C(=O)O)=C(CSc3nnnn3CC(=O)O)CS[C@@H]21. The molecule has 2 aromatic rings. The van der Waals surface area contributed by atoms with Crippen LogP contribution in [0, 0.1) is 0 Å². The molecule has 0 bridgehead atoms. The lowest BCUT2D eigenvalue weighted by Crippen LogP contribution is -2.81. The van der Waals surface area contributed by atoms with Crippen molar-refractivity contribution in [1.82, 2.24) is 30.4 Å². The summed E-state index contributed by atoms with van der Waals surface area (Å²) in [4.78, 5) is 50.3. The van der Waals surface area contributed by atoms with E-state index in [1.807, 2.05) is 0 Å². The predicted molar refractivity (Wildman–Crippen MR) is 127 cm³/mol. The maximum absolute atomic E-state index is 13.2. The second-order valence-corrected chi connectivity index (χ2v) is 9.91. The molecule has 0 saturated carbocycles. The molecule has 0 aliphatic carbocycles. The Balaban J connectivity index is 1.53. The Kier molecular flexibility index (Phi) is 7.39. The van der Waals surface area contributed by atoms with E-state index in [4.69, 9.17) is 15.6 Å². The van der Waals surface area contributed by atoms with Gasteiger partial charge in [0.15, 0.2) is 0 Å². The van der Waals surface area contributed by atoms with Crippen LogP contribution in [0.25, 0.3) is 0 Å². The van der Waals surface area contributed by atoms with Gasteiger partial charge in [-0.25, -0.2) is 9.48 Å². The number of phenols is 1. The van der Waals surface area contributed by atoms with Crippen LogP contribution in [0.3, 0.4) is 0 Å². The molecule has 1 fully saturated rings. The summed E-state index contributed by atoms with van der Waals surface area (Å²) in [5, 5.41) is 40.9. The van der Waals surface area contributed by atoms with Gasteiger partial charge in [-0.1, -0.05) is 23.9 Å². The molecule has 3 heterocycles. The minimum atomic E-state index is -1.83. The molecule has 2 amide bonds. The summed E-state index contributed by atoms with van der Waals surface area (Å²) < 4.78 is 6.48. The fraction of sp³-hybridized carbons (Fsp3) is 0.350. The first-order valence-electron chi connectivity index (χ1n) is 10.5. The van der Waals surface area contributed by atoms with Gasteiger partial charge < -0.3 is 31.1 Å². The van der Waals surface area contributed by atoms with Gasteiger partial charge in [0.25, 0.3) is 11.6 Å². The summed E-state index contributed by atoms with van der Waals surface area (Å²) in [6, 6.07) is 4.48. The van der Waals surface area contributed by atoms with Gasteiger partial charge in [-0.3, -0.25) is 19.3 Å². The number of β-lactam (4-membered cyclic amide) rings is 1. The number of nitrogens with zero attached hydrogens (tertiary/aromatic N) is 5. The van der Waals surface area contributed by atoms with Gasteiger partial charge >= 0.3 is 11.9 Å². The van der Waals surface area contributed by atoms with E-state index in [1.165, 1.54) is 43.1 Å². The molecular formula is C20H21N7O8S2. The monoisotopic (exact) mass is 551 g/mol. The largest absolute Gasteiger partial charge is 0.508 e. The Hall–Kier alpha value is -3.67. The van der Waals surface area contributed by atoms with Gasteiger partial charge in [0.05, 0.1) is 0 Å². The van der Waals surface area contributed by atoms with E-state index in [1.54, 1.807) is 0 Å². The van der Waals surface area contributed by atoms with Crippen LogP contribution in [0.5, 0.6) is 5.75 Å². The fourth-order valence-corrected chi connectivity index (χ4v) is 6.28. The number of hydrogen-bond acceptors (Lipinski definition) is 12. The van der Waals surface area contributed by atoms with Crippen molar-refractivity contribution in [1.29, 1.82) is 0 Å². The number of aromatic nitrogens is 4. The number of tetrazole rings is 1. The number of aliphatic carboxylic acids is 2. The highest BCUT2D eigenvalue weighted by Crippen LogP contribution is 2.47. The number of carboxylic acids is 2. The van der Waals surface area contributed by atoms with Crippen LogP contribution in [-0.4, -0.2) is 93.9 Å². The number of nitrogens with two attached hydrogens (primary N) is 1.